The Morgan fingerprint density at radius 1 is 1.30 bits per heavy atom. The summed E-state index contributed by atoms with van der Waals surface area (Å²) in [7, 11) is 1.68. The van der Waals surface area contributed by atoms with Crippen molar-refractivity contribution in [3.8, 4) is 5.75 Å². The van der Waals surface area contributed by atoms with E-state index >= 15 is 0 Å². The highest BCUT2D eigenvalue weighted by molar-refractivity contribution is 5.89. The van der Waals surface area contributed by atoms with E-state index in [-0.39, 0.29) is 5.92 Å². The fraction of sp³-hybridized carbons (Fsp3) is 0.450. The van der Waals surface area contributed by atoms with Crippen LogP contribution in [0.15, 0.2) is 30.3 Å². The first kappa shape index (κ1) is 15.9. The van der Waals surface area contributed by atoms with Gasteiger partial charge in [0.05, 0.1) is 12.5 Å². The van der Waals surface area contributed by atoms with Gasteiger partial charge in [-0.05, 0) is 59.7 Å². The van der Waals surface area contributed by atoms with Crippen molar-refractivity contribution >= 4 is 16.7 Å². The molecule has 3 nitrogen and oxygen atoms in total. The molecule has 0 heterocycles. The van der Waals surface area contributed by atoms with Crippen molar-refractivity contribution in [2.24, 2.45) is 5.41 Å². The second-order valence-electron chi connectivity index (χ2n) is 6.50. The Hall–Kier alpha value is -2.03. The van der Waals surface area contributed by atoms with Crippen LogP contribution in [0.1, 0.15) is 50.2 Å². The predicted octanol–water partition coefficient (Wildman–Crippen LogP) is 4.77. The van der Waals surface area contributed by atoms with Gasteiger partial charge in [-0.2, -0.15) is 0 Å². The van der Waals surface area contributed by atoms with Gasteiger partial charge in [0.25, 0.3) is 0 Å². The summed E-state index contributed by atoms with van der Waals surface area (Å²) in [4.78, 5) is 12.0. The summed E-state index contributed by atoms with van der Waals surface area (Å²) >= 11 is 0. The topological polar surface area (TPSA) is 46.5 Å². The van der Waals surface area contributed by atoms with Crippen molar-refractivity contribution in [3.63, 3.8) is 0 Å². The Morgan fingerprint density at radius 3 is 2.70 bits per heavy atom. The number of aliphatic carboxylic acids is 1. The van der Waals surface area contributed by atoms with Gasteiger partial charge < -0.3 is 9.84 Å². The van der Waals surface area contributed by atoms with Crippen LogP contribution >= 0.6 is 0 Å². The number of rotatable bonds is 4. The molecule has 0 radical (unpaired) electrons. The molecule has 0 spiro atoms. The zero-order chi connectivity index (χ0) is 16.6. The molecule has 122 valence electrons. The van der Waals surface area contributed by atoms with Gasteiger partial charge in [0.2, 0.25) is 0 Å². The van der Waals surface area contributed by atoms with Crippen LogP contribution in [0.2, 0.25) is 0 Å². The van der Waals surface area contributed by atoms with Gasteiger partial charge in [-0.15, -0.1) is 0 Å². The molecule has 2 unspecified atom stereocenters. The van der Waals surface area contributed by atoms with Gasteiger partial charge in [0.1, 0.15) is 5.75 Å². The molecule has 1 aliphatic rings. The molecule has 0 amide bonds. The highest BCUT2D eigenvalue weighted by Crippen LogP contribution is 2.51. The Morgan fingerprint density at radius 2 is 2.09 bits per heavy atom. The largest absolute Gasteiger partial charge is 0.497 e. The molecule has 0 aliphatic heterocycles. The Bertz CT molecular complexity index is 750. The number of carboxylic acid groups (broad SMARTS) is 1. The third-order valence-electron chi connectivity index (χ3n) is 5.70. The number of aryl methyl sites for hydroxylation is 1. The molecule has 2 atom stereocenters. The molecular formula is C20H24O3. The quantitative estimate of drug-likeness (QED) is 0.884. The molecule has 0 bridgehead atoms. The molecule has 2 aromatic carbocycles. The van der Waals surface area contributed by atoms with E-state index in [0.717, 1.165) is 30.4 Å². The Balaban J connectivity index is 2.19. The summed E-state index contributed by atoms with van der Waals surface area (Å²) in [6, 6.07) is 10.4. The van der Waals surface area contributed by atoms with Crippen LogP contribution in [-0.4, -0.2) is 18.2 Å². The molecule has 0 fully saturated rings. The third-order valence-corrected chi connectivity index (χ3v) is 5.70. The highest BCUT2D eigenvalue weighted by atomic mass is 16.5. The van der Waals surface area contributed by atoms with Crippen LogP contribution < -0.4 is 4.74 Å². The van der Waals surface area contributed by atoms with Crippen LogP contribution in [0, 0.1) is 5.41 Å². The molecule has 0 saturated heterocycles. The van der Waals surface area contributed by atoms with E-state index < -0.39 is 11.4 Å². The number of ether oxygens (including phenoxy) is 1. The fourth-order valence-electron chi connectivity index (χ4n) is 4.38. The molecule has 1 N–H and O–H groups in total. The number of methoxy groups -OCH3 is 1. The average Bonchev–Trinajstić information content (AvgIpc) is 2.59. The molecule has 3 heteroatoms. The maximum absolute atomic E-state index is 12.0. The normalized spacial score (nSPS) is 23.5. The van der Waals surface area contributed by atoms with Crippen molar-refractivity contribution in [2.75, 3.05) is 7.11 Å². The summed E-state index contributed by atoms with van der Waals surface area (Å²) in [5.41, 5.74) is 1.92. The van der Waals surface area contributed by atoms with E-state index in [0.29, 0.717) is 6.42 Å². The van der Waals surface area contributed by atoms with Crippen molar-refractivity contribution in [3.05, 3.63) is 41.5 Å². The first-order valence-electron chi connectivity index (χ1n) is 8.40. The standard InChI is InChI=1S/C20H24O3/c1-4-18-17-8-6-13-12-14(23-3)7-9-15(13)16(17)10-11-20(18,5-2)19(21)22/h6-9,12,18H,4-5,10-11H2,1-3H3,(H,21,22). The lowest BCUT2D eigenvalue weighted by atomic mass is 9.61. The van der Waals surface area contributed by atoms with Gasteiger partial charge in [0.15, 0.2) is 0 Å². The van der Waals surface area contributed by atoms with Gasteiger partial charge in [-0.25, -0.2) is 0 Å². The average molecular weight is 312 g/mol. The molecule has 3 rings (SSSR count). The number of benzene rings is 2. The third kappa shape index (κ3) is 2.30. The van der Waals surface area contributed by atoms with E-state index in [1.807, 2.05) is 13.0 Å². The molecule has 2 aromatic rings. The highest BCUT2D eigenvalue weighted by Gasteiger charge is 2.47. The smallest absolute Gasteiger partial charge is 0.310 e. The summed E-state index contributed by atoms with van der Waals surface area (Å²) in [6.07, 6.45) is 3.08. The Labute approximate surface area is 137 Å². The Kier molecular flexibility index (Phi) is 4.05. The van der Waals surface area contributed by atoms with E-state index in [2.05, 4.69) is 31.2 Å². The summed E-state index contributed by atoms with van der Waals surface area (Å²) in [5, 5.41) is 12.3. The number of fused-ring (bicyclic) bond motifs is 3. The number of hydrogen-bond acceptors (Lipinski definition) is 2. The lowest BCUT2D eigenvalue weighted by molar-refractivity contribution is -0.152. The molecular weight excluding hydrogens is 288 g/mol. The van der Waals surface area contributed by atoms with E-state index in [4.69, 9.17) is 4.74 Å². The minimum atomic E-state index is -0.646. The second-order valence-corrected chi connectivity index (χ2v) is 6.50. The zero-order valence-corrected chi connectivity index (χ0v) is 14.1. The van der Waals surface area contributed by atoms with E-state index in [1.165, 1.54) is 16.5 Å². The fourth-order valence-corrected chi connectivity index (χ4v) is 4.38. The van der Waals surface area contributed by atoms with Gasteiger partial charge in [0, 0.05) is 5.92 Å². The first-order valence-corrected chi connectivity index (χ1v) is 8.40. The van der Waals surface area contributed by atoms with E-state index in [9.17, 15) is 9.90 Å². The van der Waals surface area contributed by atoms with Crippen molar-refractivity contribution in [1.82, 2.24) is 0 Å². The lowest BCUT2D eigenvalue weighted by Gasteiger charge is -2.41. The number of hydrogen-bond donors (Lipinski definition) is 1. The second kappa shape index (κ2) is 5.88. The summed E-state index contributed by atoms with van der Waals surface area (Å²) < 4.78 is 5.31. The molecule has 0 saturated carbocycles. The molecule has 0 aromatic heterocycles. The van der Waals surface area contributed by atoms with Crippen LogP contribution in [0.5, 0.6) is 5.75 Å². The SMILES string of the molecule is CCC1c2ccc3cc(OC)ccc3c2CCC1(CC)C(=O)O. The van der Waals surface area contributed by atoms with Gasteiger partial charge in [-0.1, -0.05) is 32.0 Å². The predicted molar refractivity (Wildman–Crippen MR) is 92.2 cm³/mol. The van der Waals surface area contributed by atoms with Crippen LogP contribution in [0.25, 0.3) is 10.8 Å². The lowest BCUT2D eigenvalue weighted by Crippen LogP contribution is -2.40. The monoisotopic (exact) mass is 312 g/mol. The van der Waals surface area contributed by atoms with Crippen molar-refractivity contribution in [2.45, 2.75) is 45.4 Å². The van der Waals surface area contributed by atoms with Crippen molar-refractivity contribution < 1.29 is 14.6 Å². The number of carbonyl (C=O) groups is 1. The van der Waals surface area contributed by atoms with Crippen LogP contribution in [0.4, 0.5) is 0 Å². The van der Waals surface area contributed by atoms with Crippen LogP contribution in [0.3, 0.4) is 0 Å². The van der Waals surface area contributed by atoms with Crippen molar-refractivity contribution in [1.29, 1.82) is 0 Å². The minimum absolute atomic E-state index is 0.0836. The number of carboxylic acids is 1. The van der Waals surface area contributed by atoms with Crippen LogP contribution in [-0.2, 0) is 11.2 Å². The summed E-state index contributed by atoms with van der Waals surface area (Å²) in [5.74, 6) is 0.293. The van der Waals surface area contributed by atoms with Gasteiger partial charge in [-0.3, -0.25) is 4.79 Å². The maximum Gasteiger partial charge on any atom is 0.310 e. The zero-order valence-electron chi connectivity index (χ0n) is 14.1. The summed E-state index contributed by atoms with van der Waals surface area (Å²) in [6.45, 7) is 4.11. The van der Waals surface area contributed by atoms with Gasteiger partial charge >= 0.3 is 5.97 Å². The molecule has 1 aliphatic carbocycles. The van der Waals surface area contributed by atoms with E-state index in [1.54, 1.807) is 7.11 Å². The first-order chi connectivity index (χ1) is 11.1. The minimum Gasteiger partial charge on any atom is -0.497 e. The maximum atomic E-state index is 12.0. The molecule has 23 heavy (non-hydrogen) atoms.